The smallest absolute Gasteiger partial charge is 0.320 e. The number of aliphatic hydroxyl groups is 1. The van der Waals surface area contributed by atoms with Gasteiger partial charge in [0.1, 0.15) is 5.76 Å². The number of aromatic nitrogens is 2. The molecule has 242 valence electrons. The van der Waals surface area contributed by atoms with Crippen LogP contribution in [0.15, 0.2) is 40.4 Å². The fourth-order valence-electron chi connectivity index (χ4n) is 5.93. The van der Waals surface area contributed by atoms with Crippen LogP contribution in [0.25, 0.3) is 10.4 Å². The van der Waals surface area contributed by atoms with Gasteiger partial charge in [0.2, 0.25) is 12.3 Å². The van der Waals surface area contributed by atoms with E-state index in [0.29, 0.717) is 95.9 Å². The van der Waals surface area contributed by atoms with E-state index in [0.717, 1.165) is 21.7 Å². The third-order valence-corrected chi connectivity index (χ3v) is 9.69. The summed E-state index contributed by atoms with van der Waals surface area (Å²) in [5, 5.41) is 19.9. The number of hydrogen-bond donors (Lipinski definition) is 3. The summed E-state index contributed by atoms with van der Waals surface area (Å²) in [4.78, 5) is 48.4. The molecular formula is C32H43N7O5S. The van der Waals surface area contributed by atoms with Gasteiger partial charge in [-0.2, -0.15) is 0 Å². The Morgan fingerprint density at radius 1 is 1.11 bits per heavy atom. The van der Waals surface area contributed by atoms with Crippen molar-refractivity contribution in [1.82, 2.24) is 30.6 Å². The zero-order chi connectivity index (χ0) is 31.8. The average molecular weight is 638 g/mol. The molecule has 5 rings (SSSR count). The average Bonchev–Trinajstić information content (AvgIpc) is 3.71. The first-order valence-corrected chi connectivity index (χ1v) is 16.6. The molecule has 0 radical (unpaired) electrons. The number of anilines is 1. The molecule has 45 heavy (non-hydrogen) atoms. The Bertz CT molecular complexity index is 1410. The maximum atomic E-state index is 13.5. The van der Waals surface area contributed by atoms with Crippen LogP contribution in [0.5, 0.6) is 0 Å². The molecule has 2 saturated heterocycles. The summed E-state index contributed by atoms with van der Waals surface area (Å²) in [6.07, 6.45) is 3.22. The largest absolute Gasteiger partial charge is 0.393 e. The van der Waals surface area contributed by atoms with Crippen molar-refractivity contribution in [2.75, 3.05) is 50.7 Å². The maximum Gasteiger partial charge on any atom is 0.320 e. The lowest BCUT2D eigenvalue weighted by Crippen LogP contribution is -2.54. The van der Waals surface area contributed by atoms with Crippen molar-refractivity contribution in [3.05, 3.63) is 52.9 Å². The second-order valence-corrected chi connectivity index (χ2v) is 12.7. The molecule has 4 heterocycles. The number of carbonyl (C=O) groups excluding carboxylic acids is 3. The number of carbonyl (C=O) groups is 3. The van der Waals surface area contributed by atoms with Crippen LogP contribution in [0, 0.1) is 12.8 Å². The molecule has 2 aliphatic heterocycles. The number of likely N-dealkylation sites (tertiary alicyclic amines) is 1. The third kappa shape index (κ3) is 8.40. The van der Waals surface area contributed by atoms with Crippen LogP contribution in [0.3, 0.4) is 0 Å². The number of urea groups is 1. The maximum absolute atomic E-state index is 13.5. The first-order chi connectivity index (χ1) is 21.8. The van der Waals surface area contributed by atoms with Gasteiger partial charge in [-0.15, -0.1) is 11.3 Å². The topological polar surface area (TPSA) is 144 Å². The summed E-state index contributed by atoms with van der Waals surface area (Å²) in [6, 6.07) is 9.92. The van der Waals surface area contributed by atoms with Crippen molar-refractivity contribution >= 4 is 35.5 Å². The SMILES string of the molecule is Cc1ncsc1-c1ccc(C(C)NC(=O)C(CCCNC=O)Cc2cc(N3CCN(C(=O)N4CCC(O)CC4)CC3)no2)cc1. The minimum Gasteiger partial charge on any atom is -0.393 e. The summed E-state index contributed by atoms with van der Waals surface area (Å²) < 4.78 is 5.69. The van der Waals surface area contributed by atoms with Crippen LogP contribution in [0.1, 0.15) is 55.7 Å². The molecule has 3 aromatic rings. The zero-order valence-electron chi connectivity index (χ0n) is 26.0. The predicted molar refractivity (Wildman–Crippen MR) is 172 cm³/mol. The molecule has 3 N–H and O–H groups in total. The van der Waals surface area contributed by atoms with E-state index in [1.807, 2.05) is 47.4 Å². The number of hydrogen-bond acceptors (Lipinski definition) is 9. The molecule has 2 aliphatic rings. The summed E-state index contributed by atoms with van der Waals surface area (Å²) in [5.41, 5.74) is 4.96. The lowest BCUT2D eigenvalue weighted by molar-refractivity contribution is -0.126. The number of thiazole rings is 1. The zero-order valence-corrected chi connectivity index (χ0v) is 26.8. The standard InChI is InChI=1S/C32H43N7O5S/c1-22(24-5-7-25(8-6-24)30-23(2)34-21-45-30)35-31(42)26(4-3-11-33-20-40)18-28-19-29(36-44-28)37-14-16-39(17-15-37)32(43)38-12-9-27(41)10-13-38/h5-8,19-22,26-27,41H,3-4,9-18H2,1-2H3,(H,33,40)(H,35,42). The minimum atomic E-state index is -0.363. The molecule has 4 amide bonds. The van der Waals surface area contributed by atoms with Crippen LogP contribution >= 0.6 is 11.3 Å². The number of amides is 4. The van der Waals surface area contributed by atoms with Crippen molar-refractivity contribution in [3.8, 4) is 10.4 Å². The van der Waals surface area contributed by atoms with E-state index in [1.165, 1.54) is 0 Å². The van der Waals surface area contributed by atoms with Crippen LogP contribution < -0.4 is 15.5 Å². The summed E-state index contributed by atoms with van der Waals surface area (Å²) in [6.45, 7) is 8.07. The van der Waals surface area contributed by atoms with Crippen molar-refractivity contribution in [2.45, 2.75) is 58.1 Å². The number of aliphatic hydroxyl groups excluding tert-OH is 1. The number of piperazine rings is 1. The van der Waals surface area contributed by atoms with Crippen molar-refractivity contribution in [2.24, 2.45) is 5.92 Å². The molecule has 2 atom stereocenters. The van der Waals surface area contributed by atoms with Crippen LogP contribution in [-0.4, -0.2) is 95.3 Å². The molecule has 2 unspecified atom stereocenters. The third-order valence-electron chi connectivity index (χ3n) is 8.71. The first kappa shape index (κ1) is 32.4. The van der Waals surface area contributed by atoms with E-state index >= 15 is 0 Å². The number of piperidine rings is 1. The quantitative estimate of drug-likeness (QED) is 0.203. The Balaban J connectivity index is 1.16. The van der Waals surface area contributed by atoms with E-state index in [2.05, 4.69) is 37.8 Å². The summed E-state index contributed by atoms with van der Waals surface area (Å²) in [7, 11) is 0. The molecule has 2 aromatic heterocycles. The van der Waals surface area contributed by atoms with Crippen LogP contribution in [0.4, 0.5) is 10.6 Å². The van der Waals surface area contributed by atoms with Crippen LogP contribution in [0.2, 0.25) is 0 Å². The van der Waals surface area contributed by atoms with Gasteiger partial charge in [-0.3, -0.25) is 9.59 Å². The highest BCUT2D eigenvalue weighted by Crippen LogP contribution is 2.29. The first-order valence-electron chi connectivity index (χ1n) is 15.7. The molecule has 0 spiro atoms. The highest BCUT2D eigenvalue weighted by Gasteiger charge is 2.29. The number of aryl methyl sites for hydroxylation is 1. The Morgan fingerprint density at radius 3 is 2.49 bits per heavy atom. The van der Waals surface area contributed by atoms with Gasteiger partial charge in [-0.1, -0.05) is 29.4 Å². The van der Waals surface area contributed by atoms with Crippen molar-refractivity contribution < 1.29 is 24.0 Å². The highest BCUT2D eigenvalue weighted by molar-refractivity contribution is 7.13. The van der Waals surface area contributed by atoms with Crippen molar-refractivity contribution in [3.63, 3.8) is 0 Å². The fourth-order valence-corrected chi connectivity index (χ4v) is 6.74. The molecule has 0 saturated carbocycles. The van der Waals surface area contributed by atoms with Gasteiger partial charge in [0.15, 0.2) is 5.82 Å². The van der Waals surface area contributed by atoms with Crippen LogP contribution in [-0.2, 0) is 16.0 Å². The lowest BCUT2D eigenvalue weighted by atomic mass is 9.95. The fraction of sp³-hybridized carbons (Fsp3) is 0.531. The number of nitrogens with one attached hydrogen (secondary N) is 2. The van der Waals surface area contributed by atoms with Gasteiger partial charge in [-0.05, 0) is 50.7 Å². The molecule has 2 fully saturated rings. The van der Waals surface area contributed by atoms with E-state index in [-0.39, 0.29) is 30.0 Å². The van der Waals surface area contributed by atoms with Gasteiger partial charge in [0.05, 0.1) is 28.2 Å². The second-order valence-electron chi connectivity index (χ2n) is 11.9. The number of nitrogens with zero attached hydrogens (tertiary/aromatic N) is 5. The minimum absolute atomic E-state index is 0.0281. The number of benzene rings is 1. The molecule has 12 nitrogen and oxygen atoms in total. The highest BCUT2D eigenvalue weighted by atomic mass is 32.1. The summed E-state index contributed by atoms with van der Waals surface area (Å²) in [5.74, 6) is 0.880. The van der Waals surface area contributed by atoms with E-state index in [4.69, 9.17) is 4.52 Å². The predicted octanol–water partition coefficient (Wildman–Crippen LogP) is 3.37. The van der Waals surface area contributed by atoms with Crippen molar-refractivity contribution in [1.29, 1.82) is 0 Å². The van der Waals surface area contributed by atoms with Gasteiger partial charge in [0.25, 0.3) is 0 Å². The van der Waals surface area contributed by atoms with Gasteiger partial charge in [-0.25, -0.2) is 9.78 Å². The van der Waals surface area contributed by atoms with Gasteiger partial charge < -0.3 is 35.0 Å². The van der Waals surface area contributed by atoms with E-state index in [1.54, 1.807) is 11.3 Å². The molecule has 1 aromatic carbocycles. The molecule has 0 aliphatic carbocycles. The Labute approximate surface area is 267 Å². The van der Waals surface area contributed by atoms with E-state index < -0.39 is 0 Å². The number of rotatable bonds is 12. The molecule has 0 bridgehead atoms. The second kappa shape index (κ2) is 15.3. The van der Waals surface area contributed by atoms with E-state index in [9.17, 15) is 19.5 Å². The van der Waals surface area contributed by atoms with Gasteiger partial charge >= 0.3 is 6.03 Å². The van der Waals surface area contributed by atoms with Gasteiger partial charge in [0, 0.05) is 64.2 Å². The molecule has 13 heteroatoms. The summed E-state index contributed by atoms with van der Waals surface area (Å²) >= 11 is 1.61. The normalized spacial score (nSPS) is 17.2. The Hall–Kier alpha value is -3.97. The Kier molecular flexibility index (Phi) is 11.1. The Morgan fingerprint density at radius 2 is 1.82 bits per heavy atom. The lowest BCUT2D eigenvalue weighted by Gasteiger charge is -2.39. The monoisotopic (exact) mass is 637 g/mol. The molecular weight excluding hydrogens is 594 g/mol.